The Kier molecular flexibility index (Phi) is 2.83. The summed E-state index contributed by atoms with van der Waals surface area (Å²) in [6.45, 7) is 1.99. The van der Waals surface area contributed by atoms with E-state index in [1.165, 1.54) is 18.5 Å². The van der Waals surface area contributed by atoms with Gasteiger partial charge in [-0.05, 0) is 24.6 Å². The van der Waals surface area contributed by atoms with E-state index in [1.54, 1.807) is 18.3 Å². The Morgan fingerprint density at radius 3 is 2.79 bits per heavy atom. The molecule has 96 valence electrons. The molecule has 5 nitrogen and oxygen atoms in total. The number of nitrogens with one attached hydrogen (secondary N) is 2. The Balaban J connectivity index is 1.88. The van der Waals surface area contributed by atoms with Gasteiger partial charge in [-0.25, -0.2) is 14.4 Å². The van der Waals surface area contributed by atoms with Crippen molar-refractivity contribution < 1.29 is 4.39 Å². The maximum Gasteiger partial charge on any atom is 0.160 e. The molecular formula is C13H12FN5. The SMILES string of the molecule is C[C@@H](Nc1ncnc2[nH]ncc12)c1ccc(F)cc1. The summed E-state index contributed by atoms with van der Waals surface area (Å²) in [5, 5.41) is 10.8. The Labute approximate surface area is 108 Å². The normalized spacial score (nSPS) is 12.5. The molecule has 2 heterocycles. The Morgan fingerprint density at radius 2 is 2.00 bits per heavy atom. The van der Waals surface area contributed by atoms with Crippen LogP contribution in [0, 0.1) is 5.82 Å². The van der Waals surface area contributed by atoms with E-state index >= 15 is 0 Å². The van der Waals surface area contributed by atoms with E-state index in [0.717, 1.165) is 10.9 Å². The highest BCUT2D eigenvalue weighted by Crippen LogP contribution is 2.22. The summed E-state index contributed by atoms with van der Waals surface area (Å²) < 4.78 is 12.9. The Morgan fingerprint density at radius 1 is 1.21 bits per heavy atom. The number of rotatable bonds is 3. The van der Waals surface area contributed by atoms with Crippen molar-refractivity contribution in [2.24, 2.45) is 0 Å². The average molecular weight is 257 g/mol. The summed E-state index contributed by atoms with van der Waals surface area (Å²) in [6.07, 6.45) is 3.15. The van der Waals surface area contributed by atoms with Crippen molar-refractivity contribution in [2.45, 2.75) is 13.0 Å². The summed E-state index contributed by atoms with van der Waals surface area (Å²) in [4.78, 5) is 8.28. The lowest BCUT2D eigenvalue weighted by Gasteiger charge is -2.15. The molecule has 0 saturated carbocycles. The molecule has 3 aromatic rings. The fourth-order valence-electron chi connectivity index (χ4n) is 1.92. The summed E-state index contributed by atoms with van der Waals surface area (Å²) in [7, 11) is 0. The van der Waals surface area contributed by atoms with Crippen molar-refractivity contribution in [3.63, 3.8) is 0 Å². The van der Waals surface area contributed by atoms with Crippen LogP contribution in [-0.4, -0.2) is 20.2 Å². The van der Waals surface area contributed by atoms with Crippen LogP contribution in [0.4, 0.5) is 10.2 Å². The van der Waals surface area contributed by atoms with Gasteiger partial charge in [-0.1, -0.05) is 12.1 Å². The van der Waals surface area contributed by atoms with Gasteiger partial charge in [0.2, 0.25) is 0 Å². The number of benzene rings is 1. The zero-order valence-electron chi connectivity index (χ0n) is 10.3. The lowest BCUT2D eigenvalue weighted by Crippen LogP contribution is -2.08. The van der Waals surface area contributed by atoms with E-state index in [1.807, 2.05) is 6.92 Å². The van der Waals surface area contributed by atoms with E-state index in [0.29, 0.717) is 11.5 Å². The van der Waals surface area contributed by atoms with Gasteiger partial charge in [0.15, 0.2) is 5.65 Å². The van der Waals surface area contributed by atoms with Crippen molar-refractivity contribution in [2.75, 3.05) is 5.32 Å². The van der Waals surface area contributed by atoms with Crippen LogP contribution in [0.2, 0.25) is 0 Å². The van der Waals surface area contributed by atoms with Gasteiger partial charge in [0.1, 0.15) is 18.0 Å². The molecule has 0 aliphatic carbocycles. The van der Waals surface area contributed by atoms with Gasteiger partial charge in [-0.15, -0.1) is 0 Å². The number of anilines is 1. The molecule has 0 bridgehead atoms. The van der Waals surface area contributed by atoms with Crippen molar-refractivity contribution in [1.82, 2.24) is 20.2 Å². The number of hydrogen-bond acceptors (Lipinski definition) is 4. The Bertz CT molecular complexity index is 692. The van der Waals surface area contributed by atoms with Gasteiger partial charge in [-0.3, -0.25) is 5.10 Å². The second-order valence-corrected chi connectivity index (χ2v) is 4.27. The van der Waals surface area contributed by atoms with Crippen molar-refractivity contribution in [1.29, 1.82) is 0 Å². The van der Waals surface area contributed by atoms with E-state index in [2.05, 4.69) is 25.5 Å². The molecule has 3 rings (SSSR count). The van der Waals surface area contributed by atoms with E-state index < -0.39 is 0 Å². The predicted molar refractivity (Wildman–Crippen MR) is 70.1 cm³/mol. The highest BCUT2D eigenvalue weighted by Gasteiger charge is 2.10. The summed E-state index contributed by atoms with van der Waals surface area (Å²) in [6, 6.07) is 6.40. The minimum atomic E-state index is -0.241. The first-order valence-corrected chi connectivity index (χ1v) is 5.90. The zero-order valence-corrected chi connectivity index (χ0v) is 10.3. The number of halogens is 1. The van der Waals surface area contributed by atoms with Gasteiger partial charge in [0, 0.05) is 6.04 Å². The third-order valence-electron chi connectivity index (χ3n) is 2.97. The smallest absolute Gasteiger partial charge is 0.160 e. The molecule has 0 radical (unpaired) electrons. The molecule has 0 unspecified atom stereocenters. The molecule has 0 amide bonds. The van der Waals surface area contributed by atoms with Crippen LogP contribution < -0.4 is 5.32 Å². The van der Waals surface area contributed by atoms with Gasteiger partial charge < -0.3 is 5.32 Å². The zero-order chi connectivity index (χ0) is 13.2. The lowest BCUT2D eigenvalue weighted by atomic mass is 10.1. The highest BCUT2D eigenvalue weighted by atomic mass is 19.1. The van der Waals surface area contributed by atoms with Gasteiger partial charge >= 0.3 is 0 Å². The number of nitrogens with zero attached hydrogens (tertiary/aromatic N) is 3. The second-order valence-electron chi connectivity index (χ2n) is 4.27. The molecular weight excluding hydrogens is 245 g/mol. The number of aromatic amines is 1. The van der Waals surface area contributed by atoms with Crippen molar-refractivity contribution >= 4 is 16.9 Å². The number of aromatic nitrogens is 4. The van der Waals surface area contributed by atoms with Crippen molar-refractivity contribution in [3.05, 3.63) is 48.2 Å². The molecule has 2 aromatic heterocycles. The fourth-order valence-corrected chi connectivity index (χ4v) is 1.92. The quantitative estimate of drug-likeness (QED) is 0.757. The molecule has 19 heavy (non-hydrogen) atoms. The minimum Gasteiger partial charge on any atom is -0.363 e. The first-order chi connectivity index (χ1) is 9.24. The number of hydrogen-bond donors (Lipinski definition) is 2. The molecule has 1 aromatic carbocycles. The van der Waals surface area contributed by atoms with Gasteiger partial charge in [0.05, 0.1) is 11.6 Å². The predicted octanol–water partition coefficient (Wildman–Crippen LogP) is 2.67. The summed E-state index contributed by atoms with van der Waals surface area (Å²) in [5.41, 5.74) is 1.67. The highest BCUT2D eigenvalue weighted by molar-refractivity contribution is 5.85. The maximum absolute atomic E-state index is 12.9. The molecule has 1 atom stereocenters. The third kappa shape index (κ3) is 2.24. The van der Waals surface area contributed by atoms with Crippen LogP contribution in [0.25, 0.3) is 11.0 Å². The van der Waals surface area contributed by atoms with Crippen LogP contribution in [0.1, 0.15) is 18.5 Å². The Hall–Kier alpha value is -2.50. The summed E-state index contributed by atoms with van der Waals surface area (Å²) in [5.74, 6) is 0.464. The number of H-pyrrole nitrogens is 1. The largest absolute Gasteiger partial charge is 0.363 e. The minimum absolute atomic E-state index is 0.00796. The molecule has 0 aliphatic rings. The standard InChI is InChI=1S/C13H12FN5/c1-8(9-2-4-10(14)5-3-9)18-12-11-6-17-19-13(11)16-7-15-12/h2-8H,1H3,(H2,15,16,17,18,19)/t8-/m1/s1. The lowest BCUT2D eigenvalue weighted by molar-refractivity contribution is 0.626. The fraction of sp³-hybridized carbons (Fsp3) is 0.154. The molecule has 0 saturated heterocycles. The van der Waals surface area contributed by atoms with Crippen LogP contribution in [0.3, 0.4) is 0 Å². The first-order valence-electron chi connectivity index (χ1n) is 5.90. The van der Waals surface area contributed by atoms with E-state index in [-0.39, 0.29) is 11.9 Å². The molecule has 2 N–H and O–H groups in total. The monoisotopic (exact) mass is 257 g/mol. The van der Waals surface area contributed by atoms with Gasteiger partial charge in [-0.2, -0.15) is 5.10 Å². The molecule has 0 fully saturated rings. The van der Waals surface area contributed by atoms with E-state index in [4.69, 9.17) is 0 Å². The topological polar surface area (TPSA) is 66.5 Å². The van der Waals surface area contributed by atoms with Crippen LogP contribution >= 0.6 is 0 Å². The molecule has 0 spiro atoms. The third-order valence-corrected chi connectivity index (χ3v) is 2.97. The second kappa shape index (κ2) is 4.64. The molecule has 0 aliphatic heterocycles. The maximum atomic E-state index is 12.9. The van der Waals surface area contributed by atoms with Crippen LogP contribution in [0.15, 0.2) is 36.8 Å². The first kappa shape index (κ1) is 11.6. The average Bonchev–Trinajstić information content (AvgIpc) is 2.89. The number of fused-ring (bicyclic) bond motifs is 1. The van der Waals surface area contributed by atoms with Gasteiger partial charge in [0.25, 0.3) is 0 Å². The van der Waals surface area contributed by atoms with Crippen LogP contribution in [0.5, 0.6) is 0 Å². The van der Waals surface area contributed by atoms with Crippen molar-refractivity contribution in [3.8, 4) is 0 Å². The summed E-state index contributed by atoms with van der Waals surface area (Å²) >= 11 is 0. The van der Waals surface area contributed by atoms with E-state index in [9.17, 15) is 4.39 Å². The molecule has 6 heteroatoms. The van der Waals surface area contributed by atoms with Crippen LogP contribution in [-0.2, 0) is 0 Å².